The highest BCUT2D eigenvalue weighted by Crippen LogP contribution is 2.40. The topological polar surface area (TPSA) is 95.9 Å². The maximum absolute atomic E-state index is 13.2. The predicted octanol–water partition coefficient (Wildman–Crippen LogP) is 3.99. The van der Waals surface area contributed by atoms with E-state index in [1.807, 2.05) is 42.3 Å². The van der Waals surface area contributed by atoms with Gasteiger partial charge in [-0.1, -0.05) is 6.07 Å². The number of aromatic nitrogens is 2. The van der Waals surface area contributed by atoms with Gasteiger partial charge in [-0.2, -0.15) is 0 Å². The summed E-state index contributed by atoms with van der Waals surface area (Å²) in [5.74, 6) is 0.0279. The Kier molecular flexibility index (Phi) is 8.59. The van der Waals surface area contributed by atoms with Crippen LogP contribution in [0.25, 0.3) is 0 Å². The third kappa shape index (κ3) is 6.08. The minimum Gasteiger partial charge on any atom is -0.493 e. The quantitative estimate of drug-likeness (QED) is 0.291. The Balaban J connectivity index is 1.43. The molecule has 1 aromatic carbocycles. The van der Waals surface area contributed by atoms with Crippen LogP contribution in [-0.4, -0.2) is 65.9 Å². The van der Waals surface area contributed by atoms with Crippen LogP contribution in [0.4, 0.5) is 11.4 Å². The van der Waals surface area contributed by atoms with Crippen LogP contribution < -0.4 is 14.5 Å². The van der Waals surface area contributed by atoms with Crippen molar-refractivity contribution in [3.8, 4) is 5.75 Å². The lowest BCUT2D eigenvalue weighted by Gasteiger charge is -2.27. The summed E-state index contributed by atoms with van der Waals surface area (Å²) in [7, 11) is 1.68. The molecule has 0 spiro atoms. The molecule has 3 amide bonds. The minimum atomic E-state index is -1.16. The number of ether oxygens (including phenoxy) is 1. The molecule has 1 aliphatic rings. The van der Waals surface area contributed by atoms with Gasteiger partial charge in [0, 0.05) is 57.5 Å². The zero-order valence-corrected chi connectivity index (χ0v) is 23.0. The van der Waals surface area contributed by atoms with Crippen LogP contribution in [0.15, 0.2) is 67.3 Å². The molecule has 39 heavy (non-hydrogen) atoms. The van der Waals surface area contributed by atoms with Gasteiger partial charge in [-0.05, 0) is 69.5 Å². The van der Waals surface area contributed by atoms with Crippen molar-refractivity contribution in [3.63, 3.8) is 0 Å². The van der Waals surface area contributed by atoms with Gasteiger partial charge in [0.2, 0.25) is 11.8 Å². The summed E-state index contributed by atoms with van der Waals surface area (Å²) in [6.07, 6.45) is 8.06. The van der Waals surface area contributed by atoms with E-state index in [0.717, 1.165) is 5.56 Å². The van der Waals surface area contributed by atoms with Gasteiger partial charge in [0.1, 0.15) is 11.2 Å². The monoisotopic (exact) mass is 529 g/mol. The first-order valence-electron chi connectivity index (χ1n) is 13.2. The zero-order valence-electron chi connectivity index (χ0n) is 23.0. The fourth-order valence-electron chi connectivity index (χ4n) is 4.71. The molecular formula is C30H35N5O4. The number of carbonyl (C=O) groups excluding carboxylic acids is 3. The number of amides is 3. The Morgan fingerprint density at radius 3 is 2.38 bits per heavy atom. The second-order valence-electron chi connectivity index (χ2n) is 10.0. The molecule has 0 unspecified atom stereocenters. The first-order valence-corrected chi connectivity index (χ1v) is 13.2. The fourth-order valence-corrected chi connectivity index (χ4v) is 4.71. The van der Waals surface area contributed by atoms with E-state index in [9.17, 15) is 14.4 Å². The van der Waals surface area contributed by atoms with E-state index in [4.69, 9.17) is 4.74 Å². The smallest absolute Gasteiger partial charge is 0.255 e. The highest BCUT2D eigenvalue weighted by Gasteiger charge is 2.45. The van der Waals surface area contributed by atoms with E-state index in [2.05, 4.69) is 9.97 Å². The van der Waals surface area contributed by atoms with Crippen LogP contribution in [-0.2, 0) is 16.0 Å². The maximum Gasteiger partial charge on any atom is 0.255 e. The number of benzene rings is 1. The fraction of sp³-hybridized carbons (Fsp3) is 0.367. The Morgan fingerprint density at radius 2 is 1.72 bits per heavy atom. The number of pyridine rings is 2. The van der Waals surface area contributed by atoms with E-state index < -0.39 is 5.41 Å². The first-order chi connectivity index (χ1) is 18.7. The summed E-state index contributed by atoms with van der Waals surface area (Å²) in [6, 6.07) is 12.8. The molecule has 0 aliphatic carbocycles. The average molecular weight is 530 g/mol. The van der Waals surface area contributed by atoms with E-state index in [1.165, 1.54) is 4.90 Å². The van der Waals surface area contributed by atoms with E-state index in [1.54, 1.807) is 62.6 Å². The Bertz CT molecular complexity index is 1310. The van der Waals surface area contributed by atoms with Gasteiger partial charge < -0.3 is 19.4 Å². The van der Waals surface area contributed by atoms with Gasteiger partial charge >= 0.3 is 0 Å². The Hall–Kier alpha value is -4.27. The predicted molar refractivity (Wildman–Crippen MR) is 150 cm³/mol. The summed E-state index contributed by atoms with van der Waals surface area (Å²) in [4.78, 5) is 52.6. The number of anilines is 2. The number of nitrogens with zero attached hydrogens (tertiary/aromatic N) is 5. The molecule has 0 atom stereocenters. The van der Waals surface area contributed by atoms with Gasteiger partial charge in [-0.25, -0.2) is 0 Å². The summed E-state index contributed by atoms with van der Waals surface area (Å²) >= 11 is 0. The molecule has 0 bridgehead atoms. The molecule has 0 N–H and O–H groups in total. The second kappa shape index (κ2) is 12.1. The lowest BCUT2D eigenvalue weighted by Crippen LogP contribution is -2.47. The van der Waals surface area contributed by atoms with Crippen molar-refractivity contribution in [2.75, 3.05) is 43.1 Å². The minimum absolute atomic E-state index is 0.0795. The van der Waals surface area contributed by atoms with Crippen molar-refractivity contribution in [1.82, 2.24) is 14.9 Å². The van der Waals surface area contributed by atoms with Crippen LogP contribution >= 0.6 is 0 Å². The van der Waals surface area contributed by atoms with Crippen molar-refractivity contribution in [3.05, 3.63) is 78.4 Å². The van der Waals surface area contributed by atoms with Crippen LogP contribution in [0.5, 0.6) is 5.75 Å². The average Bonchev–Trinajstić information content (AvgIpc) is 3.01. The number of rotatable bonds is 10. The molecule has 9 nitrogen and oxygen atoms in total. The van der Waals surface area contributed by atoms with Crippen LogP contribution in [0, 0.1) is 5.41 Å². The molecule has 3 heterocycles. The van der Waals surface area contributed by atoms with Gasteiger partial charge in [-0.3, -0.25) is 24.4 Å². The largest absolute Gasteiger partial charge is 0.493 e. The number of carbonyl (C=O) groups is 3. The number of fused-ring (bicyclic) bond motifs is 1. The third-order valence-electron chi connectivity index (χ3n) is 6.96. The molecule has 1 aliphatic heterocycles. The van der Waals surface area contributed by atoms with Crippen molar-refractivity contribution < 1.29 is 19.1 Å². The zero-order chi connectivity index (χ0) is 28.0. The van der Waals surface area contributed by atoms with Crippen molar-refractivity contribution in [2.24, 2.45) is 5.41 Å². The summed E-state index contributed by atoms with van der Waals surface area (Å²) in [5.41, 5.74) is 1.75. The van der Waals surface area contributed by atoms with E-state index >= 15 is 0 Å². The Morgan fingerprint density at radius 1 is 0.974 bits per heavy atom. The molecule has 2 aromatic heterocycles. The van der Waals surface area contributed by atoms with Crippen molar-refractivity contribution in [2.45, 2.75) is 33.6 Å². The SMILES string of the molecule is CCN1C(=O)C(C)(C)C(=O)N(C)c2cc(OCCCN(CCc3cccnc3)C(=O)c3cccnc3)ccc21. The van der Waals surface area contributed by atoms with Gasteiger partial charge in [0.25, 0.3) is 5.91 Å². The molecule has 9 heteroatoms. The molecule has 204 valence electrons. The van der Waals surface area contributed by atoms with Crippen molar-refractivity contribution >= 4 is 29.1 Å². The maximum atomic E-state index is 13.2. The summed E-state index contributed by atoms with van der Waals surface area (Å²) < 4.78 is 6.04. The molecule has 3 aromatic rings. The highest BCUT2D eigenvalue weighted by atomic mass is 16.5. The summed E-state index contributed by atoms with van der Waals surface area (Å²) in [6.45, 7) is 7.09. The highest BCUT2D eigenvalue weighted by molar-refractivity contribution is 6.20. The van der Waals surface area contributed by atoms with Crippen molar-refractivity contribution in [1.29, 1.82) is 0 Å². The second-order valence-corrected chi connectivity index (χ2v) is 10.0. The lowest BCUT2D eigenvalue weighted by atomic mass is 9.90. The molecule has 0 fully saturated rings. The number of hydrogen-bond donors (Lipinski definition) is 0. The molecule has 0 radical (unpaired) electrons. The molecule has 4 rings (SSSR count). The lowest BCUT2D eigenvalue weighted by molar-refractivity contribution is -0.137. The van der Waals surface area contributed by atoms with Gasteiger partial charge in [0.05, 0.1) is 23.5 Å². The standard InChI is InChI=1S/C30H35N5O4/c1-5-35-25-12-11-24(19-26(25)33(4)28(37)30(2,3)29(35)38)39-18-8-16-34(17-13-22-9-6-14-31-20-22)27(36)23-10-7-15-32-21-23/h6-7,9-12,14-15,19-21H,5,8,13,16-18H2,1-4H3. The third-order valence-corrected chi connectivity index (χ3v) is 6.96. The summed E-state index contributed by atoms with van der Waals surface area (Å²) in [5, 5.41) is 0. The number of hydrogen-bond acceptors (Lipinski definition) is 6. The molecule has 0 saturated heterocycles. The van der Waals surface area contributed by atoms with Gasteiger partial charge in [0.15, 0.2) is 0 Å². The normalized spacial score (nSPS) is 14.6. The first kappa shape index (κ1) is 27.8. The molecule has 0 saturated carbocycles. The van der Waals surface area contributed by atoms with Crippen LogP contribution in [0.3, 0.4) is 0 Å². The van der Waals surface area contributed by atoms with Crippen LogP contribution in [0.2, 0.25) is 0 Å². The van der Waals surface area contributed by atoms with E-state index in [0.29, 0.717) is 61.8 Å². The Labute approximate surface area is 229 Å². The van der Waals surface area contributed by atoms with Crippen LogP contribution in [0.1, 0.15) is 43.1 Å². The van der Waals surface area contributed by atoms with Gasteiger partial charge in [-0.15, -0.1) is 0 Å². The molecular weight excluding hydrogens is 494 g/mol. The van der Waals surface area contributed by atoms with E-state index in [-0.39, 0.29) is 17.7 Å².